The molecule has 1 N–H and O–H groups in total. The molecule has 1 amide bonds. The van der Waals surface area contributed by atoms with Crippen LogP contribution in [-0.4, -0.2) is 54.8 Å². The van der Waals surface area contributed by atoms with E-state index in [1.165, 1.54) is 19.6 Å². The molecule has 0 fully saturated rings. The summed E-state index contributed by atoms with van der Waals surface area (Å²) in [6.45, 7) is 4.76. The minimum atomic E-state index is -0.475. The third-order valence-corrected chi connectivity index (χ3v) is 6.41. The van der Waals surface area contributed by atoms with E-state index in [4.69, 9.17) is 9.72 Å². The Morgan fingerprint density at radius 3 is 2.83 bits per heavy atom. The lowest BCUT2D eigenvalue weighted by molar-refractivity contribution is 0.0588. The molecule has 35 heavy (non-hydrogen) atoms. The van der Waals surface area contributed by atoms with Crippen LogP contribution < -0.4 is 5.32 Å². The summed E-state index contributed by atoms with van der Waals surface area (Å²) in [5.74, 6) is -0.282. The number of carbonyl (C=O) groups is 2. The van der Waals surface area contributed by atoms with Crippen LogP contribution >= 0.6 is 11.3 Å². The van der Waals surface area contributed by atoms with Crippen molar-refractivity contribution in [1.29, 1.82) is 0 Å². The number of carbonyl (C=O) groups excluding carboxylic acids is 2. The van der Waals surface area contributed by atoms with Crippen LogP contribution in [0.1, 0.15) is 51.9 Å². The molecule has 0 unspecified atom stereocenters. The molecule has 4 aromatic rings. The number of ether oxygens (including phenoxy) is 1. The summed E-state index contributed by atoms with van der Waals surface area (Å²) in [4.78, 5) is 39.2. The number of nitrogens with zero attached hydrogens (tertiary/aromatic N) is 6. The van der Waals surface area contributed by atoms with Crippen LogP contribution in [0.15, 0.2) is 42.4 Å². The number of nitrogens with one attached hydrogen (secondary N) is 1. The molecule has 0 radical (unpaired) electrons. The molecule has 10 nitrogen and oxygen atoms in total. The van der Waals surface area contributed by atoms with E-state index in [-0.39, 0.29) is 5.91 Å². The first-order chi connectivity index (χ1) is 17.0. The Labute approximate surface area is 207 Å². The molecule has 0 saturated carbocycles. The van der Waals surface area contributed by atoms with Gasteiger partial charge < -0.3 is 14.6 Å². The van der Waals surface area contributed by atoms with Crippen molar-refractivity contribution in [2.45, 2.75) is 39.7 Å². The SMILES string of the molecule is CCCCc1c(C(=O)NCCn2cncc2C(=O)OC)cnn1-c1ncc(C)c(-c2cccs2)n1. The summed E-state index contributed by atoms with van der Waals surface area (Å²) in [5.41, 5.74) is 3.41. The van der Waals surface area contributed by atoms with Gasteiger partial charge in [0.25, 0.3) is 11.9 Å². The zero-order valence-corrected chi connectivity index (χ0v) is 20.7. The maximum Gasteiger partial charge on any atom is 0.356 e. The normalized spacial score (nSPS) is 10.9. The second-order valence-electron chi connectivity index (χ2n) is 7.92. The number of esters is 1. The van der Waals surface area contributed by atoms with Gasteiger partial charge >= 0.3 is 5.97 Å². The molecule has 0 aliphatic heterocycles. The summed E-state index contributed by atoms with van der Waals surface area (Å²) in [6.07, 6.45) is 8.85. The molecule has 11 heteroatoms. The average Bonchev–Trinajstić information content (AvgIpc) is 3.63. The number of aryl methyl sites for hydroxylation is 1. The second-order valence-corrected chi connectivity index (χ2v) is 8.87. The lowest BCUT2D eigenvalue weighted by atomic mass is 10.1. The molecule has 4 rings (SSSR count). The minimum Gasteiger partial charge on any atom is -0.464 e. The highest BCUT2D eigenvalue weighted by atomic mass is 32.1. The zero-order valence-electron chi connectivity index (χ0n) is 19.9. The highest BCUT2D eigenvalue weighted by Gasteiger charge is 2.20. The summed E-state index contributed by atoms with van der Waals surface area (Å²) >= 11 is 1.61. The maximum atomic E-state index is 13.1. The Kier molecular flexibility index (Phi) is 7.66. The predicted octanol–water partition coefficient (Wildman–Crippen LogP) is 3.45. The fourth-order valence-corrected chi connectivity index (χ4v) is 4.46. The first-order valence-electron chi connectivity index (χ1n) is 11.3. The maximum absolute atomic E-state index is 13.1. The van der Waals surface area contributed by atoms with Gasteiger partial charge in [-0.15, -0.1) is 11.3 Å². The Balaban J connectivity index is 1.55. The first kappa shape index (κ1) is 24.3. The van der Waals surface area contributed by atoms with Gasteiger partial charge in [0, 0.05) is 19.3 Å². The number of hydrogen-bond donors (Lipinski definition) is 1. The molecule has 0 spiro atoms. The summed E-state index contributed by atoms with van der Waals surface area (Å²) < 4.78 is 8.06. The van der Waals surface area contributed by atoms with Crippen molar-refractivity contribution in [2.24, 2.45) is 0 Å². The van der Waals surface area contributed by atoms with Crippen LogP contribution in [0.5, 0.6) is 0 Å². The Morgan fingerprint density at radius 1 is 1.23 bits per heavy atom. The average molecular weight is 494 g/mol. The van der Waals surface area contributed by atoms with E-state index in [0.717, 1.165) is 34.7 Å². The molecule has 182 valence electrons. The Hall–Kier alpha value is -3.86. The van der Waals surface area contributed by atoms with Crippen molar-refractivity contribution in [3.8, 4) is 16.5 Å². The zero-order chi connectivity index (χ0) is 24.8. The van der Waals surface area contributed by atoms with E-state index in [1.54, 1.807) is 33.0 Å². The largest absolute Gasteiger partial charge is 0.464 e. The fourth-order valence-electron chi connectivity index (χ4n) is 3.68. The van der Waals surface area contributed by atoms with E-state index in [1.807, 2.05) is 24.4 Å². The van der Waals surface area contributed by atoms with Crippen LogP contribution in [0.25, 0.3) is 16.5 Å². The van der Waals surface area contributed by atoms with Crippen molar-refractivity contribution in [3.63, 3.8) is 0 Å². The van der Waals surface area contributed by atoms with Gasteiger partial charge in [-0.2, -0.15) is 5.10 Å². The summed E-state index contributed by atoms with van der Waals surface area (Å²) in [6, 6.07) is 4.01. The van der Waals surface area contributed by atoms with E-state index in [9.17, 15) is 9.59 Å². The number of amides is 1. The number of rotatable bonds is 10. The van der Waals surface area contributed by atoms with Crippen LogP contribution in [0.4, 0.5) is 0 Å². The number of thiophene rings is 1. The molecular weight excluding hydrogens is 466 g/mol. The Bertz CT molecular complexity index is 1310. The van der Waals surface area contributed by atoms with E-state index in [0.29, 0.717) is 36.7 Å². The number of aromatic nitrogens is 6. The van der Waals surface area contributed by atoms with Crippen molar-refractivity contribution in [3.05, 3.63) is 64.9 Å². The van der Waals surface area contributed by atoms with Gasteiger partial charge in [0.05, 0.1) is 47.7 Å². The van der Waals surface area contributed by atoms with Gasteiger partial charge in [-0.25, -0.2) is 24.4 Å². The predicted molar refractivity (Wildman–Crippen MR) is 132 cm³/mol. The summed E-state index contributed by atoms with van der Waals surface area (Å²) in [7, 11) is 1.32. The Morgan fingerprint density at radius 2 is 2.09 bits per heavy atom. The molecule has 4 aromatic heterocycles. The molecular formula is C24H27N7O3S. The summed E-state index contributed by atoms with van der Waals surface area (Å²) in [5, 5.41) is 9.40. The quantitative estimate of drug-likeness (QED) is 0.336. The van der Waals surface area contributed by atoms with E-state index >= 15 is 0 Å². The highest BCUT2D eigenvalue weighted by Crippen LogP contribution is 2.26. The minimum absolute atomic E-state index is 0.243. The molecule has 0 atom stereocenters. The van der Waals surface area contributed by atoms with E-state index in [2.05, 4.69) is 27.3 Å². The number of hydrogen-bond acceptors (Lipinski definition) is 8. The molecule has 0 aromatic carbocycles. The van der Waals surface area contributed by atoms with Crippen molar-refractivity contribution < 1.29 is 14.3 Å². The molecule has 0 bridgehead atoms. The van der Waals surface area contributed by atoms with Crippen LogP contribution in [0.3, 0.4) is 0 Å². The van der Waals surface area contributed by atoms with Crippen LogP contribution in [0.2, 0.25) is 0 Å². The molecule has 4 heterocycles. The number of unbranched alkanes of at least 4 members (excludes halogenated alkanes) is 1. The third kappa shape index (κ3) is 5.29. The molecule has 0 aliphatic carbocycles. The van der Waals surface area contributed by atoms with Gasteiger partial charge in [0.2, 0.25) is 0 Å². The molecule has 0 saturated heterocycles. The first-order valence-corrected chi connectivity index (χ1v) is 12.2. The number of methoxy groups -OCH3 is 1. The van der Waals surface area contributed by atoms with Crippen molar-refractivity contribution in [1.82, 2.24) is 34.6 Å². The fraction of sp³-hybridized carbons (Fsp3) is 0.333. The lowest BCUT2D eigenvalue weighted by Crippen LogP contribution is -2.28. The standard InChI is InChI=1S/C24H27N7O3S/c1-4-5-7-18-17(22(32)26-9-10-30-15-25-14-19(30)23(33)34-3)13-28-31(18)24-27-12-16(2)21(29-24)20-8-6-11-35-20/h6,8,11-15H,4-5,7,9-10H2,1-3H3,(H,26,32). The van der Waals surface area contributed by atoms with Gasteiger partial charge in [-0.05, 0) is 36.8 Å². The third-order valence-electron chi connectivity index (χ3n) is 5.53. The monoisotopic (exact) mass is 493 g/mol. The van der Waals surface area contributed by atoms with Gasteiger partial charge in [-0.3, -0.25) is 4.79 Å². The van der Waals surface area contributed by atoms with E-state index < -0.39 is 5.97 Å². The number of imidazole rings is 1. The van der Waals surface area contributed by atoms with Crippen LogP contribution in [-0.2, 0) is 17.7 Å². The van der Waals surface area contributed by atoms with Crippen molar-refractivity contribution >= 4 is 23.2 Å². The topological polar surface area (TPSA) is 117 Å². The van der Waals surface area contributed by atoms with Crippen molar-refractivity contribution in [2.75, 3.05) is 13.7 Å². The molecule has 0 aliphatic rings. The van der Waals surface area contributed by atoms with Gasteiger partial charge in [0.1, 0.15) is 5.69 Å². The van der Waals surface area contributed by atoms with Gasteiger partial charge in [0.15, 0.2) is 0 Å². The highest BCUT2D eigenvalue weighted by molar-refractivity contribution is 7.13. The smallest absolute Gasteiger partial charge is 0.356 e. The van der Waals surface area contributed by atoms with Crippen LogP contribution in [0, 0.1) is 6.92 Å². The second kappa shape index (κ2) is 11.0. The lowest BCUT2D eigenvalue weighted by Gasteiger charge is -2.11. The van der Waals surface area contributed by atoms with Gasteiger partial charge in [-0.1, -0.05) is 19.4 Å².